The molecule has 4 nitrogen and oxygen atoms in total. The van der Waals surface area contributed by atoms with E-state index in [4.69, 9.17) is 0 Å². The Kier molecular flexibility index (Phi) is 5.35. The number of nitrogens with one attached hydrogen (secondary N) is 1. The van der Waals surface area contributed by atoms with Crippen molar-refractivity contribution in [2.75, 3.05) is 6.54 Å². The highest BCUT2D eigenvalue weighted by atomic mass is 16.3. The van der Waals surface area contributed by atoms with Gasteiger partial charge in [-0.2, -0.15) is 5.10 Å². The van der Waals surface area contributed by atoms with Gasteiger partial charge in [-0.15, -0.1) is 0 Å². The molecule has 1 aromatic heterocycles. The molecule has 0 saturated heterocycles. The maximum absolute atomic E-state index is 9.77. The quantitative estimate of drug-likeness (QED) is 0.732. The summed E-state index contributed by atoms with van der Waals surface area (Å²) < 4.78 is 2.01. The van der Waals surface area contributed by atoms with Crippen molar-refractivity contribution in [3.63, 3.8) is 0 Å². The lowest BCUT2D eigenvalue weighted by Crippen LogP contribution is -2.22. The van der Waals surface area contributed by atoms with Gasteiger partial charge in [0.05, 0.1) is 11.3 Å². The van der Waals surface area contributed by atoms with Crippen LogP contribution in [0.3, 0.4) is 0 Å². The summed E-state index contributed by atoms with van der Waals surface area (Å²) in [6.07, 6.45) is 1.86. The molecule has 1 aromatic rings. The predicted octanol–water partition coefficient (Wildman–Crippen LogP) is 2.16. The molecule has 2 N–H and O–H groups in total. The Hall–Kier alpha value is -0.870. The molecule has 0 fully saturated rings. The van der Waals surface area contributed by atoms with Crippen molar-refractivity contribution >= 4 is 0 Å². The van der Waals surface area contributed by atoms with Crippen LogP contribution in [0.25, 0.3) is 0 Å². The van der Waals surface area contributed by atoms with Gasteiger partial charge in [0.2, 0.25) is 0 Å². The number of rotatable bonds is 7. The zero-order chi connectivity index (χ0) is 13.8. The largest absolute Gasteiger partial charge is 0.390 e. The van der Waals surface area contributed by atoms with Crippen LogP contribution < -0.4 is 5.32 Å². The van der Waals surface area contributed by atoms with Crippen LogP contribution in [0.4, 0.5) is 0 Å². The second-order valence-corrected chi connectivity index (χ2v) is 5.61. The molecule has 104 valence electrons. The molecule has 1 rings (SSSR count). The first-order valence-electron chi connectivity index (χ1n) is 6.81. The van der Waals surface area contributed by atoms with Gasteiger partial charge in [-0.3, -0.25) is 4.68 Å². The summed E-state index contributed by atoms with van der Waals surface area (Å²) in [6.45, 7) is 12.7. The normalized spacial score (nSPS) is 12.1. The lowest BCUT2D eigenvalue weighted by Gasteiger charge is -2.17. The maximum Gasteiger partial charge on any atom is 0.0641 e. The van der Waals surface area contributed by atoms with Gasteiger partial charge in [0.25, 0.3) is 0 Å². The van der Waals surface area contributed by atoms with Crippen LogP contribution in [-0.2, 0) is 13.1 Å². The van der Waals surface area contributed by atoms with E-state index in [0.29, 0.717) is 0 Å². The van der Waals surface area contributed by atoms with Gasteiger partial charge in [0.1, 0.15) is 0 Å². The molecular formula is C14H27N3O. The van der Waals surface area contributed by atoms with E-state index in [1.165, 1.54) is 11.3 Å². The van der Waals surface area contributed by atoms with Crippen molar-refractivity contribution in [2.24, 2.45) is 0 Å². The third kappa shape index (κ3) is 4.42. The summed E-state index contributed by atoms with van der Waals surface area (Å²) in [5.74, 6) is 0. The van der Waals surface area contributed by atoms with Crippen LogP contribution in [0, 0.1) is 13.8 Å². The monoisotopic (exact) mass is 253 g/mol. The summed E-state index contributed by atoms with van der Waals surface area (Å²) in [7, 11) is 0. The third-order valence-corrected chi connectivity index (χ3v) is 3.20. The van der Waals surface area contributed by atoms with Crippen LogP contribution in [0.2, 0.25) is 0 Å². The van der Waals surface area contributed by atoms with E-state index in [9.17, 15) is 5.11 Å². The van der Waals surface area contributed by atoms with E-state index in [0.717, 1.165) is 38.2 Å². The second kappa shape index (κ2) is 6.34. The fourth-order valence-electron chi connectivity index (χ4n) is 1.98. The molecular weight excluding hydrogens is 226 g/mol. The highest BCUT2D eigenvalue weighted by molar-refractivity contribution is 5.24. The Morgan fingerprint density at radius 3 is 2.56 bits per heavy atom. The molecule has 0 aliphatic heterocycles. The zero-order valence-electron chi connectivity index (χ0n) is 12.4. The number of aromatic nitrogens is 2. The van der Waals surface area contributed by atoms with Crippen LogP contribution in [0.5, 0.6) is 0 Å². The van der Waals surface area contributed by atoms with Crippen molar-refractivity contribution in [1.82, 2.24) is 15.1 Å². The molecule has 0 aliphatic carbocycles. The molecule has 0 aromatic carbocycles. The van der Waals surface area contributed by atoms with Gasteiger partial charge in [0.15, 0.2) is 0 Å². The van der Waals surface area contributed by atoms with Gasteiger partial charge in [-0.1, -0.05) is 6.92 Å². The van der Waals surface area contributed by atoms with Gasteiger partial charge >= 0.3 is 0 Å². The first-order chi connectivity index (χ1) is 8.35. The minimum atomic E-state index is -0.632. The molecule has 0 atom stereocenters. The van der Waals surface area contributed by atoms with E-state index in [-0.39, 0.29) is 0 Å². The second-order valence-electron chi connectivity index (χ2n) is 5.61. The maximum atomic E-state index is 9.77. The Morgan fingerprint density at radius 1 is 1.33 bits per heavy atom. The SMILES string of the molecule is CCCNCc1c(C)nn(CCC(C)(C)O)c1C. The fourth-order valence-corrected chi connectivity index (χ4v) is 1.98. The highest BCUT2D eigenvalue weighted by Crippen LogP contribution is 2.15. The van der Waals surface area contributed by atoms with Crippen LogP contribution >= 0.6 is 0 Å². The predicted molar refractivity (Wildman–Crippen MR) is 74.6 cm³/mol. The van der Waals surface area contributed by atoms with Gasteiger partial charge < -0.3 is 10.4 Å². The lowest BCUT2D eigenvalue weighted by atomic mass is 10.1. The molecule has 0 unspecified atom stereocenters. The van der Waals surface area contributed by atoms with Crippen molar-refractivity contribution in [1.29, 1.82) is 0 Å². The number of aliphatic hydroxyl groups is 1. The standard InChI is InChI=1S/C14H27N3O/c1-6-8-15-10-13-11(2)16-17(12(13)3)9-7-14(4,5)18/h15,18H,6-10H2,1-5H3. The minimum Gasteiger partial charge on any atom is -0.390 e. The minimum absolute atomic E-state index is 0.632. The Bertz CT molecular complexity index is 377. The van der Waals surface area contributed by atoms with Gasteiger partial charge in [-0.25, -0.2) is 0 Å². The molecule has 4 heteroatoms. The number of nitrogens with zero attached hydrogens (tertiary/aromatic N) is 2. The molecule has 0 radical (unpaired) electrons. The van der Waals surface area contributed by atoms with Crippen LogP contribution in [0.1, 0.15) is 50.6 Å². The average molecular weight is 253 g/mol. The van der Waals surface area contributed by atoms with Crippen molar-refractivity contribution in [2.45, 2.75) is 66.2 Å². The van der Waals surface area contributed by atoms with Crippen LogP contribution in [-0.4, -0.2) is 27.0 Å². The molecule has 1 heterocycles. The van der Waals surface area contributed by atoms with E-state index in [2.05, 4.69) is 31.2 Å². The van der Waals surface area contributed by atoms with Crippen molar-refractivity contribution < 1.29 is 5.11 Å². The Balaban J connectivity index is 2.68. The van der Waals surface area contributed by atoms with Gasteiger partial charge in [-0.05, 0) is 47.1 Å². The smallest absolute Gasteiger partial charge is 0.0641 e. The average Bonchev–Trinajstić information content (AvgIpc) is 2.53. The Labute approximate surface area is 110 Å². The molecule has 0 amide bonds. The molecule has 0 spiro atoms. The lowest BCUT2D eigenvalue weighted by molar-refractivity contribution is 0.0649. The summed E-state index contributed by atoms with van der Waals surface area (Å²) in [4.78, 5) is 0. The van der Waals surface area contributed by atoms with E-state index >= 15 is 0 Å². The zero-order valence-corrected chi connectivity index (χ0v) is 12.4. The Morgan fingerprint density at radius 2 is 2.00 bits per heavy atom. The molecule has 0 saturated carbocycles. The number of hydrogen-bond donors (Lipinski definition) is 2. The van der Waals surface area contributed by atoms with E-state index in [1.54, 1.807) is 0 Å². The fraction of sp³-hybridized carbons (Fsp3) is 0.786. The summed E-state index contributed by atoms with van der Waals surface area (Å²) >= 11 is 0. The van der Waals surface area contributed by atoms with Gasteiger partial charge in [0, 0.05) is 24.3 Å². The third-order valence-electron chi connectivity index (χ3n) is 3.20. The molecule has 18 heavy (non-hydrogen) atoms. The number of aryl methyl sites for hydroxylation is 2. The molecule has 0 bridgehead atoms. The topological polar surface area (TPSA) is 50.1 Å². The summed E-state index contributed by atoms with van der Waals surface area (Å²) in [5.41, 5.74) is 2.96. The van der Waals surface area contributed by atoms with Crippen molar-refractivity contribution in [3.8, 4) is 0 Å². The van der Waals surface area contributed by atoms with Crippen molar-refractivity contribution in [3.05, 3.63) is 17.0 Å². The highest BCUT2D eigenvalue weighted by Gasteiger charge is 2.15. The van der Waals surface area contributed by atoms with E-state index < -0.39 is 5.60 Å². The first kappa shape index (κ1) is 15.2. The summed E-state index contributed by atoms with van der Waals surface area (Å²) in [5, 5.41) is 17.7. The van der Waals surface area contributed by atoms with Crippen LogP contribution in [0.15, 0.2) is 0 Å². The number of hydrogen-bond acceptors (Lipinski definition) is 3. The first-order valence-corrected chi connectivity index (χ1v) is 6.81. The summed E-state index contributed by atoms with van der Waals surface area (Å²) in [6, 6.07) is 0. The molecule has 0 aliphatic rings. The van der Waals surface area contributed by atoms with E-state index in [1.807, 2.05) is 18.5 Å².